The SMILES string of the molecule is CCc1nn2c(C)c(C(=O)Nc3cc(C(F)(F)F)ccc3Cl)nnc2c1-c1ccc(OC)c(OC)c1. The first kappa shape index (κ1) is 25.2. The number of halogens is 4. The van der Waals surface area contributed by atoms with Crippen LogP contribution in [0.25, 0.3) is 16.8 Å². The Morgan fingerprint density at radius 1 is 1.08 bits per heavy atom. The lowest BCUT2D eigenvalue weighted by Gasteiger charge is -2.12. The first-order chi connectivity index (χ1) is 17.1. The maximum atomic E-state index is 13.1. The Labute approximate surface area is 209 Å². The van der Waals surface area contributed by atoms with Gasteiger partial charge in [0.15, 0.2) is 22.8 Å². The van der Waals surface area contributed by atoms with Crippen LogP contribution in [0.4, 0.5) is 18.9 Å². The van der Waals surface area contributed by atoms with Gasteiger partial charge >= 0.3 is 6.18 Å². The number of rotatable bonds is 6. The Kier molecular flexibility index (Phi) is 6.77. The minimum Gasteiger partial charge on any atom is -0.493 e. The summed E-state index contributed by atoms with van der Waals surface area (Å²) in [5.74, 6) is 0.310. The molecule has 0 aliphatic rings. The molecule has 0 saturated heterocycles. The smallest absolute Gasteiger partial charge is 0.416 e. The van der Waals surface area contributed by atoms with Gasteiger partial charge < -0.3 is 14.8 Å². The molecule has 0 aliphatic carbocycles. The molecule has 2 aromatic carbocycles. The van der Waals surface area contributed by atoms with Gasteiger partial charge in [-0.2, -0.15) is 18.3 Å². The molecule has 8 nitrogen and oxygen atoms in total. The third kappa shape index (κ3) is 4.53. The highest BCUT2D eigenvalue weighted by atomic mass is 35.5. The van der Waals surface area contributed by atoms with Crippen LogP contribution in [0, 0.1) is 6.92 Å². The number of nitrogens with zero attached hydrogens (tertiary/aromatic N) is 4. The van der Waals surface area contributed by atoms with Crippen molar-refractivity contribution in [2.45, 2.75) is 26.4 Å². The van der Waals surface area contributed by atoms with Gasteiger partial charge in [0.05, 0.1) is 47.4 Å². The highest BCUT2D eigenvalue weighted by molar-refractivity contribution is 6.34. The lowest BCUT2D eigenvalue weighted by Crippen LogP contribution is -2.19. The molecule has 0 unspecified atom stereocenters. The van der Waals surface area contributed by atoms with Crippen LogP contribution in [-0.2, 0) is 12.6 Å². The predicted octanol–water partition coefficient (Wildman–Crippen LogP) is 5.60. The third-order valence-electron chi connectivity index (χ3n) is 5.60. The molecule has 36 heavy (non-hydrogen) atoms. The van der Waals surface area contributed by atoms with Gasteiger partial charge in [0.2, 0.25) is 0 Å². The average molecular weight is 520 g/mol. The van der Waals surface area contributed by atoms with Crippen LogP contribution in [0.1, 0.15) is 34.4 Å². The van der Waals surface area contributed by atoms with Crippen LogP contribution in [0.2, 0.25) is 5.02 Å². The van der Waals surface area contributed by atoms with Crippen molar-refractivity contribution in [3.05, 3.63) is 64.1 Å². The van der Waals surface area contributed by atoms with Gasteiger partial charge in [0, 0.05) is 0 Å². The first-order valence-corrected chi connectivity index (χ1v) is 11.1. The van der Waals surface area contributed by atoms with E-state index in [9.17, 15) is 18.0 Å². The van der Waals surface area contributed by atoms with E-state index in [-0.39, 0.29) is 16.4 Å². The number of amides is 1. The molecule has 0 aliphatic heterocycles. The van der Waals surface area contributed by atoms with Crippen molar-refractivity contribution in [3.63, 3.8) is 0 Å². The van der Waals surface area contributed by atoms with Gasteiger partial charge in [-0.05, 0) is 49.2 Å². The molecule has 188 valence electrons. The molecule has 0 radical (unpaired) electrons. The predicted molar refractivity (Wildman–Crippen MR) is 128 cm³/mol. The van der Waals surface area contributed by atoms with E-state index in [1.807, 2.05) is 13.0 Å². The van der Waals surface area contributed by atoms with Gasteiger partial charge in [0.25, 0.3) is 5.91 Å². The van der Waals surface area contributed by atoms with Crippen molar-refractivity contribution >= 4 is 28.8 Å². The number of hydrogen-bond acceptors (Lipinski definition) is 6. The number of anilines is 1. The number of hydrogen-bond donors (Lipinski definition) is 1. The standard InChI is InChI=1S/C24H21ClF3N5O3/c1-5-16-20(13-6-9-18(35-3)19(10-13)36-4)22-31-30-21(12(2)33(22)32-16)23(34)29-17-11-14(24(26,27)28)7-8-15(17)25/h6-11H,5H2,1-4H3,(H,29,34). The third-order valence-corrected chi connectivity index (χ3v) is 5.93. The second-order valence-electron chi connectivity index (χ2n) is 7.76. The molecular formula is C24H21ClF3N5O3. The number of benzene rings is 2. The zero-order valence-electron chi connectivity index (χ0n) is 19.7. The number of alkyl halides is 3. The lowest BCUT2D eigenvalue weighted by atomic mass is 10.0. The van der Waals surface area contributed by atoms with Gasteiger partial charge in [0.1, 0.15) is 0 Å². The molecule has 0 bridgehead atoms. The lowest BCUT2D eigenvalue weighted by molar-refractivity contribution is -0.137. The van der Waals surface area contributed by atoms with Crippen molar-refractivity contribution in [2.24, 2.45) is 0 Å². The summed E-state index contributed by atoms with van der Waals surface area (Å²) >= 11 is 6.01. The summed E-state index contributed by atoms with van der Waals surface area (Å²) in [5, 5.41) is 15.3. The molecule has 12 heteroatoms. The topological polar surface area (TPSA) is 90.6 Å². The van der Waals surface area contributed by atoms with Crippen molar-refractivity contribution < 1.29 is 27.4 Å². The van der Waals surface area contributed by atoms with Crippen LogP contribution in [-0.4, -0.2) is 39.9 Å². The highest BCUT2D eigenvalue weighted by Crippen LogP contribution is 2.36. The molecule has 1 N–H and O–H groups in total. The second-order valence-corrected chi connectivity index (χ2v) is 8.17. The van der Waals surface area contributed by atoms with Crippen LogP contribution in [0.5, 0.6) is 11.5 Å². The maximum absolute atomic E-state index is 13.1. The van der Waals surface area contributed by atoms with Crippen molar-refractivity contribution in [3.8, 4) is 22.6 Å². The molecular weight excluding hydrogens is 499 g/mol. The number of ether oxygens (including phenoxy) is 2. The first-order valence-electron chi connectivity index (χ1n) is 10.7. The summed E-state index contributed by atoms with van der Waals surface area (Å²) in [6.07, 6.45) is -4.03. The Balaban J connectivity index is 1.76. The highest BCUT2D eigenvalue weighted by Gasteiger charge is 2.31. The Morgan fingerprint density at radius 2 is 1.81 bits per heavy atom. The van der Waals surface area contributed by atoms with Crippen molar-refractivity contribution in [1.82, 2.24) is 19.8 Å². The Bertz CT molecular complexity index is 1470. The van der Waals surface area contributed by atoms with E-state index in [0.717, 1.165) is 23.8 Å². The molecule has 2 aromatic heterocycles. The fourth-order valence-corrected chi connectivity index (χ4v) is 3.94. The number of fused-ring (bicyclic) bond motifs is 1. The van der Waals surface area contributed by atoms with Crippen molar-refractivity contribution in [1.29, 1.82) is 0 Å². The van der Waals surface area contributed by atoms with E-state index in [2.05, 4.69) is 20.6 Å². The maximum Gasteiger partial charge on any atom is 0.416 e. The van der Waals surface area contributed by atoms with Gasteiger partial charge in [-0.15, -0.1) is 10.2 Å². The number of aryl methyl sites for hydroxylation is 2. The fraction of sp³-hybridized carbons (Fsp3) is 0.250. The molecule has 1 amide bonds. The molecule has 4 rings (SSSR count). The number of carbonyl (C=O) groups is 1. The summed E-state index contributed by atoms with van der Waals surface area (Å²) in [7, 11) is 3.07. The molecule has 4 aromatic rings. The normalized spacial score (nSPS) is 11.6. The van der Waals surface area contributed by atoms with Crippen LogP contribution >= 0.6 is 11.6 Å². The summed E-state index contributed by atoms with van der Waals surface area (Å²) in [4.78, 5) is 13.0. The summed E-state index contributed by atoms with van der Waals surface area (Å²) in [6, 6.07) is 8.06. The van der Waals surface area contributed by atoms with E-state index in [1.165, 1.54) is 18.7 Å². The van der Waals surface area contributed by atoms with E-state index in [0.29, 0.717) is 40.5 Å². The summed E-state index contributed by atoms with van der Waals surface area (Å²) in [5.41, 5.74) is 1.69. The summed E-state index contributed by atoms with van der Waals surface area (Å²) < 4.78 is 51.5. The van der Waals surface area contributed by atoms with Crippen LogP contribution in [0.3, 0.4) is 0 Å². The quantitative estimate of drug-likeness (QED) is 0.356. The second kappa shape index (κ2) is 9.65. The van der Waals surface area contributed by atoms with Crippen LogP contribution in [0.15, 0.2) is 36.4 Å². The molecule has 2 heterocycles. The molecule has 0 saturated carbocycles. The number of aromatic nitrogens is 4. The molecule has 0 fully saturated rings. The van der Waals surface area contributed by atoms with E-state index in [1.54, 1.807) is 19.1 Å². The fourth-order valence-electron chi connectivity index (χ4n) is 3.77. The minimum atomic E-state index is -4.59. The number of carbonyl (C=O) groups excluding carboxylic acids is 1. The Morgan fingerprint density at radius 3 is 2.44 bits per heavy atom. The van der Waals surface area contributed by atoms with Crippen LogP contribution < -0.4 is 14.8 Å². The number of methoxy groups -OCH3 is 2. The van der Waals surface area contributed by atoms with Gasteiger partial charge in [-0.25, -0.2) is 4.52 Å². The van der Waals surface area contributed by atoms with Gasteiger partial charge in [-0.3, -0.25) is 4.79 Å². The minimum absolute atomic E-state index is 0.0499. The molecule has 0 spiro atoms. The molecule has 0 atom stereocenters. The van der Waals surface area contributed by atoms with E-state index in [4.69, 9.17) is 21.1 Å². The average Bonchev–Trinajstić information content (AvgIpc) is 3.24. The summed E-state index contributed by atoms with van der Waals surface area (Å²) in [6.45, 7) is 3.55. The number of nitrogens with one attached hydrogen (secondary N) is 1. The van der Waals surface area contributed by atoms with E-state index >= 15 is 0 Å². The van der Waals surface area contributed by atoms with Gasteiger partial charge in [-0.1, -0.05) is 24.6 Å². The van der Waals surface area contributed by atoms with Crippen molar-refractivity contribution in [2.75, 3.05) is 19.5 Å². The van der Waals surface area contributed by atoms with E-state index < -0.39 is 17.6 Å². The monoisotopic (exact) mass is 519 g/mol. The Hall–Kier alpha value is -3.86. The zero-order chi connectivity index (χ0) is 26.2. The largest absolute Gasteiger partial charge is 0.493 e. The zero-order valence-corrected chi connectivity index (χ0v) is 20.5.